The van der Waals surface area contributed by atoms with E-state index >= 15 is 0 Å². The fraction of sp³-hybridized carbons (Fsp3) is 0.960. The minimum absolute atomic E-state index is 0.116. The molecule has 0 radical (unpaired) electrons. The molecule has 0 aliphatic rings. The van der Waals surface area contributed by atoms with Crippen molar-refractivity contribution in [2.24, 2.45) is 0 Å². The second-order valence-electron chi connectivity index (χ2n) is 17.7. The summed E-state index contributed by atoms with van der Waals surface area (Å²) in [6.07, 6.45) is 56.6. The summed E-state index contributed by atoms with van der Waals surface area (Å²) in [7, 11) is 0. The van der Waals surface area contributed by atoms with Crippen LogP contribution in [0.1, 0.15) is 296 Å². The largest absolute Gasteiger partial charge is 0.481 e. The lowest BCUT2D eigenvalue weighted by molar-refractivity contribution is -0.138. The summed E-state index contributed by atoms with van der Waals surface area (Å²) < 4.78 is -0.316. The van der Waals surface area contributed by atoms with Gasteiger partial charge in [-0.2, -0.15) is 11.8 Å². The van der Waals surface area contributed by atoms with Crippen LogP contribution >= 0.6 is 11.8 Å². The van der Waals surface area contributed by atoms with Crippen molar-refractivity contribution in [3.05, 3.63) is 0 Å². The van der Waals surface area contributed by atoms with Crippen LogP contribution in [0.25, 0.3) is 0 Å². The molecule has 0 amide bonds. The zero-order valence-corrected chi connectivity index (χ0v) is 38.3. The van der Waals surface area contributed by atoms with Gasteiger partial charge in [0.2, 0.25) is 0 Å². The van der Waals surface area contributed by atoms with Gasteiger partial charge in [0.15, 0.2) is 0 Å². The molecular formula is C50H98O4S. The van der Waals surface area contributed by atoms with Crippen LogP contribution in [0.4, 0.5) is 0 Å². The Bertz CT molecular complexity index is 742. The lowest BCUT2D eigenvalue weighted by atomic mass is 9.90. The van der Waals surface area contributed by atoms with E-state index in [0.717, 1.165) is 25.7 Å². The zero-order valence-electron chi connectivity index (χ0n) is 37.4. The number of hydrogen-bond acceptors (Lipinski definition) is 3. The van der Waals surface area contributed by atoms with Crippen LogP contribution < -0.4 is 0 Å². The molecule has 0 unspecified atom stereocenters. The second-order valence-corrected chi connectivity index (χ2v) is 19.2. The summed E-state index contributed by atoms with van der Waals surface area (Å²) >= 11 is 1.65. The first kappa shape index (κ1) is 54.3. The molecule has 0 aromatic heterocycles. The van der Waals surface area contributed by atoms with E-state index in [4.69, 9.17) is 0 Å². The number of carbonyl (C=O) groups is 2. The maximum Gasteiger partial charge on any atom is 0.304 e. The standard InChI is InChI=1S/C50H98O4S/c1-3-5-7-9-11-13-15-17-19-21-23-25-27-29-31-33-35-37-39-41-44-50(47-49(53)54,55-46-43-48(51)52)45-42-40-38-36-34-32-30-28-26-24-22-20-18-16-14-12-10-8-6-4-2/h3-47H2,1-2H3,(H,51,52)(H,53,54). The molecule has 0 aliphatic heterocycles. The van der Waals surface area contributed by atoms with E-state index in [-0.39, 0.29) is 17.6 Å². The highest BCUT2D eigenvalue weighted by molar-refractivity contribution is 8.00. The van der Waals surface area contributed by atoms with Gasteiger partial charge in [-0.05, 0) is 12.8 Å². The van der Waals surface area contributed by atoms with Crippen molar-refractivity contribution in [2.75, 3.05) is 5.75 Å². The van der Waals surface area contributed by atoms with Gasteiger partial charge in [-0.25, -0.2) is 0 Å². The Balaban J connectivity index is 3.99. The van der Waals surface area contributed by atoms with E-state index in [1.807, 2.05) is 0 Å². The molecule has 4 nitrogen and oxygen atoms in total. The number of aliphatic carboxylic acids is 2. The first-order valence-corrected chi connectivity index (χ1v) is 26.0. The summed E-state index contributed by atoms with van der Waals surface area (Å²) in [5.41, 5.74) is 0. The lowest BCUT2D eigenvalue weighted by Crippen LogP contribution is -2.29. The quantitative estimate of drug-likeness (QED) is 0.0600. The Morgan fingerprint density at radius 2 is 0.564 bits per heavy atom. The molecule has 0 heterocycles. The molecule has 0 spiro atoms. The second kappa shape index (κ2) is 44.4. The SMILES string of the molecule is CCCCCCCCCCCCCCCCCCCCCCC(CCCCCCCCCCCCCCCCCCCCCC)(CC(=O)O)SCCC(=O)O. The summed E-state index contributed by atoms with van der Waals surface area (Å²) in [6, 6.07) is 0. The fourth-order valence-electron chi connectivity index (χ4n) is 8.53. The molecular weight excluding hydrogens is 697 g/mol. The molecule has 2 N–H and O–H groups in total. The number of hydrogen-bond donors (Lipinski definition) is 2. The third-order valence-corrected chi connectivity index (χ3v) is 13.7. The van der Waals surface area contributed by atoms with Crippen molar-refractivity contribution in [3.8, 4) is 0 Å². The van der Waals surface area contributed by atoms with Gasteiger partial charge in [0, 0.05) is 10.5 Å². The Morgan fingerprint density at radius 3 is 0.764 bits per heavy atom. The van der Waals surface area contributed by atoms with Gasteiger partial charge in [-0.3, -0.25) is 9.59 Å². The minimum atomic E-state index is -0.783. The van der Waals surface area contributed by atoms with Crippen molar-refractivity contribution in [2.45, 2.75) is 301 Å². The number of thioether (sulfide) groups is 1. The van der Waals surface area contributed by atoms with Crippen LogP contribution in [0.3, 0.4) is 0 Å². The van der Waals surface area contributed by atoms with E-state index in [2.05, 4.69) is 13.8 Å². The van der Waals surface area contributed by atoms with E-state index in [9.17, 15) is 19.8 Å². The van der Waals surface area contributed by atoms with Gasteiger partial charge < -0.3 is 10.2 Å². The van der Waals surface area contributed by atoms with Crippen LogP contribution in [-0.4, -0.2) is 32.7 Å². The van der Waals surface area contributed by atoms with Gasteiger partial charge in [-0.1, -0.05) is 271 Å². The molecule has 55 heavy (non-hydrogen) atoms. The molecule has 0 saturated carbocycles. The van der Waals surface area contributed by atoms with Gasteiger partial charge in [0.25, 0.3) is 0 Å². The van der Waals surface area contributed by atoms with Crippen LogP contribution in [0.15, 0.2) is 0 Å². The van der Waals surface area contributed by atoms with E-state index in [1.54, 1.807) is 11.8 Å². The molecule has 328 valence electrons. The predicted octanol–water partition coefficient (Wildman–Crippen LogP) is 17.8. The smallest absolute Gasteiger partial charge is 0.304 e. The topological polar surface area (TPSA) is 74.6 Å². The monoisotopic (exact) mass is 795 g/mol. The van der Waals surface area contributed by atoms with Gasteiger partial charge >= 0.3 is 11.9 Å². The highest BCUT2D eigenvalue weighted by atomic mass is 32.2. The van der Waals surface area contributed by atoms with E-state index < -0.39 is 11.9 Å². The molecule has 0 rings (SSSR count). The van der Waals surface area contributed by atoms with Crippen LogP contribution in [-0.2, 0) is 9.59 Å². The van der Waals surface area contributed by atoms with Gasteiger partial charge in [-0.15, -0.1) is 0 Å². The molecule has 0 aromatic rings. The molecule has 0 aromatic carbocycles. The average Bonchev–Trinajstić information content (AvgIpc) is 3.16. The van der Waals surface area contributed by atoms with Crippen molar-refractivity contribution in [1.82, 2.24) is 0 Å². The molecule has 0 bridgehead atoms. The Hall–Kier alpha value is -0.710. The molecule has 5 heteroatoms. The third kappa shape index (κ3) is 42.7. The minimum Gasteiger partial charge on any atom is -0.481 e. The van der Waals surface area contributed by atoms with Crippen LogP contribution in [0.5, 0.6) is 0 Å². The molecule has 0 atom stereocenters. The molecule has 0 saturated heterocycles. The fourth-order valence-corrected chi connectivity index (χ4v) is 10.0. The van der Waals surface area contributed by atoms with E-state index in [1.165, 1.54) is 244 Å². The van der Waals surface area contributed by atoms with Crippen molar-refractivity contribution >= 4 is 23.7 Å². The Morgan fingerprint density at radius 1 is 0.345 bits per heavy atom. The number of carboxylic acid groups (broad SMARTS) is 2. The molecule has 0 aliphatic carbocycles. The Labute approximate surface area is 349 Å². The van der Waals surface area contributed by atoms with Crippen molar-refractivity contribution in [1.29, 1.82) is 0 Å². The first-order valence-electron chi connectivity index (χ1n) is 25.0. The third-order valence-electron chi connectivity index (χ3n) is 12.2. The van der Waals surface area contributed by atoms with Crippen molar-refractivity contribution < 1.29 is 19.8 Å². The predicted molar refractivity (Wildman–Crippen MR) is 245 cm³/mol. The number of carboxylic acids is 2. The summed E-state index contributed by atoms with van der Waals surface area (Å²) in [6.45, 7) is 4.58. The zero-order chi connectivity index (χ0) is 40.2. The first-order chi connectivity index (χ1) is 27.0. The van der Waals surface area contributed by atoms with Gasteiger partial charge in [0.05, 0.1) is 12.8 Å². The summed E-state index contributed by atoms with van der Waals surface area (Å²) in [4.78, 5) is 23.3. The average molecular weight is 795 g/mol. The normalized spacial score (nSPS) is 11.8. The summed E-state index contributed by atoms with van der Waals surface area (Å²) in [5, 5.41) is 19.1. The maximum atomic E-state index is 12.0. The summed E-state index contributed by atoms with van der Waals surface area (Å²) in [5.74, 6) is -1.00. The maximum absolute atomic E-state index is 12.0. The molecule has 0 fully saturated rings. The highest BCUT2D eigenvalue weighted by Gasteiger charge is 2.32. The highest BCUT2D eigenvalue weighted by Crippen LogP contribution is 2.40. The Kier molecular flexibility index (Phi) is 43.8. The van der Waals surface area contributed by atoms with Gasteiger partial charge in [0.1, 0.15) is 0 Å². The van der Waals surface area contributed by atoms with Crippen LogP contribution in [0.2, 0.25) is 0 Å². The number of rotatable bonds is 48. The number of unbranched alkanes of at least 4 members (excludes halogenated alkanes) is 38. The van der Waals surface area contributed by atoms with Crippen molar-refractivity contribution in [3.63, 3.8) is 0 Å². The van der Waals surface area contributed by atoms with Crippen LogP contribution in [0, 0.1) is 0 Å². The van der Waals surface area contributed by atoms with E-state index in [0.29, 0.717) is 5.75 Å². The lowest BCUT2D eigenvalue weighted by Gasteiger charge is -2.32.